The summed E-state index contributed by atoms with van der Waals surface area (Å²) in [6.45, 7) is 1.36. The zero-order chi connectivity index (χ0) is 11.9. The Balaban J connectivity index is 2.48. The monoisotopic (exact) mass is 239 g/mol. The average molecular weight is 240 g/mol. The van der Waals surface area contributed by atoms with Crippen LogP contribution in [-0.4, -0.2) is 34.5 Å². The number of benzene rings is 1. The summed E-state index contributed by atoms with van der Waals surface area (Å²) >= 11 is 5.77. The Morgan fingerprint density at radius 2 is 1.94 bits per heavy atom. The highest BCUT2D eigenvalue weighted by Crippen LogP contribution is 2.27. The number of imide groups is 1. The second kappa shape index (κ2) is 3.88. The Bertz CT molecular complexity index is 472. The van der Waals surface area contributed by atoms with Gasteiger partial charge in [-0.15, -0.1) is 0 Å². The number of carbonyl (C=O) groups excluding carboxylic acids is 2. The van der Waals surface area contributed by atoms with E-state index in [0.717, 1.165) is 4.90 Å². The fourth-order valence-electron chi connectivity index (χ4n) is 1.71. The Morgan fingerprint density at radius 1 is 1.31 bits per heavy atom. The molecule has 0 aliphatic carbocycles. The number of hydrogen-bond donors (Lipinski definition) is 1. The molecule has 1 heterocycles. The van der Waals surface area contributed by atoms with Crippen molar-refractivity contribution < 1.29 is 14.7 Å². The van der Waals surface area contributed by atoms with E-state index < -0.39 is 11.9 Å². The Morgan fingerprint density at radius 3 is 2.56 bits per heavy atom. The molecule has 4 nitrogen and oxygen atoms in total. The van der Waals surface area contributed by atoms with Gasteiger partial charge >= 0.3 is 0 Å². The summed E-state index contributed by atoms with van der Waals surface area (Å²) < 4.78 is 0. The third-order valence-electron chi connectivity index (χ3n) is 2.59. The van der Waals surface area contributed by atoms with Crippen LogP contribution in [0.15, 0.2) is 18.2 Å². The molecule has 0 saturated carbocycles. The van der Waals surface area contributed by atoms with E-state index in [9.17, 15) is 9.59 Å². The number of amides is 2. The van der Waals surface area contributed by atoms with Crippen molar-refractivity contribution in [3.63, 3.8) is 0 Å². The Hall–Kier alpha value is -1.39. The molecule has 84 valence electrons. The maximum absolute atomic E-state index is 11.9. The number of hydrogen-bond acceptors (Lipinski definition) is 3. The predicted octanol–water partition coefficient (Wildman–Crippen LogP) is 1.32. The number of aliphatic hydroxyl groups excluding tert-OH is 1. The summed E-state index contributed by atoms with van der Waals surface area (Å²) in [5.74, 6) is -0.776. The number of nitrogens with zero attached hydrogens (tertiary/aromatic N) is 1. The topological polar surface area (TPSA) is 57.6 Å². The van der Waals surface area contributed by atoms with Gasteiger partial charge in [0, 0.05) is 5.02 Å². The van der Waals surface area contributed by atoms with Crippen molar-refractivity contribution in [2.45, 2.75) is 13.0 Å². The quantitative estimate of drug-likeness (QED) is 0.792. The minimum Gasteiger partial charge on any atom is -0.394 e. The molecule has 1 aliphatic heterocycles. The molecule has 5 heteroatoms. The van der Waals surface area contributed by atoms with Gasteiger partial charge in [0.1, 0.15) is 0 Å². The lowest BCUT2D eigenvalue weighted by molar-refractivity contribution is 0.0537. The van der Waals surface area contributed by atoms with E-state index in [1.807, 2.05) is 0 Å². The summed E-state index contributed by atoms with van der Waals surface area (Å²) in [6.07, 6.45) is 0. The molecule has 0 spiro atoms. The minimum absolute atomic E-state index is 0.251. The molecule has 1 aromatic carbocycles. The van der Waals surface area contributed by atoms with Crippen molar-refractivity contribution in [3.8, 4) is 0 Å². The zero-order valence-corrected chi connectivity index (χ0v) is 9.36. The van der Waals surface area contributed by atoms with Crippen LogP contribution in [0.5, 0.6) is 0 Å². The third kappa shape index (κ3) is 1.50. The van der Waals surface area contributed by atoms with E-state index in [0.29, 0.717) is 16.1 Å². The summed E-state index contributed by atoms with van der Waals surface area (Å²) in [7, 11) is 0. The van der Waals surface area contributed by atoms with Gasteiger partial charge in [-0.05, 0) is 25.1 Å². The van der Waals surface area contributed by atoms with Crippen molar-refractivity contribution in [1.29, 1.82) is 0 Å². The van der Waals surface area contributed by atoms with E-state index in [2.05, 4.69) is 0 Å². The van der Waals surface area contributed by atoms with Crippen LogP contribution in [0.1, 0.15) is 27.6 Å². The third-order valence-corrected chi connectivity index (χ3v) is 2.82. The van der Waals surface area contributed by atoms with Crippen LogP contribution in [0.25, 0.3) is 0 Å². The number of rotatable bonds is 2. The lowest BCUT2D eigenvalue weighted by atomic mass is 10.1. The molecule has 0 saturated heterocycles. The number of carbonyl (C=O) groups is 2. The first-order chi connectivity index (χ1) is 7.56. The molecule has 0 bridgehead atoms. The molecule has 0 unspecified atom stereocenters. The van der Waals surface area contributed by atoms with Crippen LogP contribution in [0.2, 0.25) is 5.02 Å². The van der Waals surface area contributed by atoms with Crippen LogP contribution >= 0.6 is 11.6 Å². The van der Waals surface area contributed by atoms with Crippen LogP contribution in [0.3, 0.4) is 0 Å². The molecule has 1 aromatic rings. The summed E-state index contributed by atoms with van der Waals surface area (Å²) in [5, 5.41) is 9.41. The SMILES string of the molecule is C[C@@H](CO)N1C(=O)c2ccc(Cl)cc2C1=O. The molecule has 0 radical (unpaired) electrons. The van der Waals surface area contributed by atoms with Crippen molar-refractivity contribution in [3.05, 3.63) is 34.3 Å². The highest BCUT2D eigenvalue weighted by molar-refractivity contribution is 6.32. The second-order valence-electron chi connectivity index (χ2n) is 3.70. The highest BCUT2D eigenvalue weighted by atomic mass is 35.5. The van der Waals surface area contributed by atoms with Crippen LogP contribution in [0, 0.1) is 0 Å². The summed E-state index contributed by atoms with van der Waals surface area (Å²) in [6, 6.07) is 4.05. The largest absolute Gasteiger partial charge is 0.394 e. The molecule has 16 heavy (non-hydrogen) atoms. The van der Waals surface area contributed by atoms with E-state index in [-0.39, 0.29) is 12.5 Å². The molecule has 0 aromatic heterocycles. The minimum atomic E-state index is -0.522. The summed E-state index contributed by atoms with van der Waals surface area (Å²) in [4.78, 5) is 24.8. The van der Waals surface area contributed by atoms with Crippen LogP contribution < -0.4 is 0 Å². The molecular weight excluding hydrogens is 230 g/mol. The number of aliphatic hydroxyl groups is 1. The predicted molar refractivity (Wildman–Crippen MR) is 58.5 cm³/mol. The molecular formula is C11H10ClNO3. The molecule has 2 rings (SSSR count). The maximum atomic E-state index is 11.9. The molecule has 0 fully saturated rings. The van der Waals surface area contributed by atoms with Crippen molar-refractivity contribution in [1.82, 2.24) is 4.90 Å². The normalized spacial score (nSPS) is 16.6. The van der Waals surface area contributed by atoms with Gasteiger partial charge in [0.2, 0.25) is 0 Å². The van der Waals surface area contributed by atoms with Crippen LogP contribution in [0.4, 0.5) is 0 Å². The first kappa shape index (κ1) is 11.1. The first-order valence-electron chi connectivity index (χ1n) is 4.84. The van der Waals surface area contributed by atoms with Gasteiger partial charge in [-0.3, -0.25) is 14.5 Å². The van der Waals surface area contributed by atoms with Crippen LogP contribution in [-0.2, 0) is 0 Å². The van der Waals surface area contributed by atoms with Gasteiger partial charge in [0.25, 0.3) is 11.8 Å². The zero-order valence-electron chi connectivity index (χ0n) is 8.61. The van der Waals surface area contributed by atoms with Gasteiger partial charge in [-0.1, -0.05) is 11.6 Å². The average Bonchev–Trinajstić information content (AvgIpc) is 2.51. The van der Waals surface area contributed by atoms with E-state index in [1.165, 1.54) is 12.1 Å². The molecule has 1 N–H and O–H groups in total. The molecule has 2 amide bonds. The Labute approximate surface area is 97.4 Å². The van der Waals surface area contributed by atoms with Gasteiger partial charge in [0.15, 0.2) is 0 Å². The highest BCUT2D eigenvalue weighted by Gasteiger charge is 2.38. The maximum Gasteiger partial charge on any atom is 0.261 e. The van der Waals surface area contributed by atoms with E-state index >= 15 is 0 Å². The van der Waals surface area contributed by atoms with Crippen molar-refractivity contribution >= 4 is 23.4 Å². The number of halogens is 1. The standard InChI is InChI=1S/C11H10ClNO3/c1-6(5-14)13-10(15)8-3-2-7(12)4-9(8)11(13)16/h2-4,6,14H,5H2,1H3/t6-/m0/s1. The fraction of sp³-hybridized carbons (Fsp3) is 0.273. The van der Waals surface area contributed by atoms with E-state index in [1.54, 1.807) is 13.0 Å². The molecule has 1 aliphatic rings. The van der Waals surface area contributed by atoms with Crippen molar-refractivity contribution in [2.24, 2.45) is 0 Å². The van der Waals surface area contributed by atoms with Gasteiger partial charge < -0.3 is 5.11 Å². The lowest BCUT2D eigenvalue weighted by Crippen LogP contribution is -2.40. The Kier molecular flexibility index (Phi) is 2.69. The number of fused-ring (bicyclic) bond motifs is 1. The fourth-order valence-corrected chi connectivity index (χ4v) is 1.89. The van der Waals surface area contributed by atoms with Gasteiger partial charge in [-0.2, -0.15) is 0 Å². The van der Waals surface area contributed by atoms with E-state index in [4.69, 9.17) is 16.7 Å². The van der Waals surface area contributed by atoms with Gasteiger partial charge in [0.05, 0.1) is 23.8 Å². The smallest absolute Gasteiger partial charge is 0.261 e. The lowest BCUT2D eigenvalue weighted by Gasteiger charge is -2.19. The van der Waals surface area contributed by atoms with Crippen molar-refractivity contribution in [2.75, 3.05) is 6.61 Å². The second-order valence-corrected chi connectivity index (χ2v) is 4.14. The van der Waals surface area contributed by atoms with Gasteiger partial charge in [-0.25, -0.2) is 0 Å². The molecule has 1 atom stereocenters. The first-order valence-corrected chi connectivity index (χ1v) is 5.22. The summed E-state index contributed by atoms with van der Waals surface area (Å²) in [5.41, 5.74) is 0.646.